The number of hydrazone groups is 1. The van der Waals surface area contributed by atoms with Crippen LogP contribution in [0.3, 0.4) is 0 Å². The van der Waals surface area contributed by atoms with Crippen LogP contribution in [0.5, 0.6) is 23.0 Å². The first-order valence-corrected chi connectivity index (χ1v) is 8.84. The van der Waals surface area contributed by atoms with Gasteiger partial charge in [0.15, 0.2) is 11.5 Å². The summed E-state index contributed by atoms with van der Waals surface area (Å²) in [5.41, 5.74) is 2.58. The minimum Gasteiger partial charge on any atom is -0.497 e. The summed E-state index contributed by atoms with van der Waals surface area (Å²) in [4.78, 5) is 12.2. The van der Waals surface area contributed by atoms with Crippen molar-refractivity contribution in [1.29, 1.82) is 0 Å². The fourth-order valence-electron chi connectivity index (χ4n) is 3.31. The molecule has 0 saturated carbocycles. The van der Waals surface area contributed by atoms with Gasteiger partial charge in [0.05, 0.1) is 40.2 Å². The van der Waals surface area contributed by atoms with Crippen molar-refractivity contribution >= 4 is 11.6 Å². The molecule has 0 aromatic heterocycles. The Hall–Kier alpha value is -3.22. The third-order valence-electron chi connectivity index (χ3n) is 4.73. The number of hydrogen-bond donors (Lipinski definition) is 0. The van der Waals surface area contributed by atoms with Gasteiger partial charge in [0.1, 0.15) is 5.75 Å². The highest BCUT2D eigenvalue weighted by Gasteiger charge is 2.32. The highest BCUT2D eigenvalue weighted by Crippen LogP contribution is 2.41. The lowest BCUT2D eigenvalue weighted by molar-refractivity contribution is -0.130. The summed E-state index contributed by atoms with van der Waals surface area (Å²) >= 11 is 0. The van der Waals surface area contributed by atoms with Crippen LogP contribution in [0.4, 0.5) is 0 Å². The van der Waals surface area contributed by atoms with Crippen molar-refractivity contribution < 1.29 is 23.7 Å². The normalized spacial score (nSPS) is 15.8. The van der Waals surface area contributed by atoms with Crippen LogP contribution in [0.1, 0.15) is 30.5 Å². The molecule has 0 saturated heterocycles. The molecule has 1 heterocycles. The predicted octanol–water partition coefficient (Wildman–Crippen LogP) is 3.42. The predicted molar refractivity (Wildman–Crippen MR) is 106 cm³/mol. The van der Waals surface area contributed by atoms with Crippen LogP contribution >= 0.6 is 0 Å². The van der Waals surface area contributed by atoms with E-state index in [1.807, 2.05) is 36.4 Å². The Morgan fingerprint density at radius 3 is 2.04 bits per heavy atom. The van der Waals surface area contributed by atoms with Crippen molar-refractivity contribution in [3.05, 3.63) is 47.5 Å². The van der Waals surface area contributed by atoms with Crippen molar-refractivity contribution in [2.75, 3.05) is 28.4 Å². The molecule has 2 aromatic carbocycles. The zero-order chi connectivity index (χ0) is 20.3. The second kappa shape index (κ2) is 8.21. The van der Waals surface area contributed by atoms with Gasteiger partial charge in [-0.05, 0) is 29.8 Å². The van der Waals surface area contributed by atoms with Gasteiger partial charge in [-0.15, -0.1) is 0 Å². The highest BCUT2D eigenvalue weighted by atomic mass is 16.5. The maximum Gasteiger partial charge on any atom is 0.240 e. The zero-order valence-corrected chi connectivity index (χ0v) is 16.7. The molecule has 148 valence electrons. The summed E-state index contributed by atoms with van der Waals surface area (Å²) in [6, 6.07) is 11.2. The van der Waals surface area contributed by atoms with E-state index in [1.165, 1.54) is 11.9 Å². The Labute approximate surface area is 164 Å². The molecule has 0 radical (unpaired) electrons. The molecule has 0 spiro atoms. The number of ether oxygens (including phenoxy) is 4. The first-order chi connectivity index (χ1) is 13.5. The molecule has 0 aliphatic carbocycles. The average molecular weight is 384 g/mol. The molecule has 0 fully saturated rings. The molecular weight excluding hydrogens is 360 g/mol. The SMILES string of the molecule is COc1ccc([C@@H]2CC(c3cc(OC)c(OC)c(OC)c3)=NN2C(C)=O)cc1. The van der Waals surface area contributed by atoms with E-state index in [4.69, 9.17) is 18.9 Å². The fourth-order valence-corrected chi connectivity index (χ4v) is 3.31. The third-order valence-corrected chi connectivity index (χ3v) is 4.73. The first-order valence-electron chi connectivity index (χ1n) is 8.84. The zero-order valence-electron chi connectivity index (χ0n) is 16.7. The van der Waals surface area contributed by atoms with E-state index in [0.717, 1.165) is 22.6 Å². The molecule has 28 heavy (non-hydrogen) atoms. The highest BCUT2D eigenvalue weighted by molar-refractivity contribution is 6.04. The van der Waals surface area contributed by atoms with Crippen molar-refractivity contribution in [3.63, 3.8) is 0 Å². The molecule has 2 aromatic rings. The largest absolute Gasteiger partial charge is 0.497 e. The number of rotatable bonds is 6. The molecule has 1 atom stereocenters. The lowest BCUT2D eigenvalue weighted by Gasteiger charge is -2.20. The van der Waals surface area contributed by atoms with Gasteiger partial charge >= 0.3 is 0 Å². The van der Waals surface area contributed by atoms with Gasteiger partial charge in [0.25, 0.3) is 0 Å². The Balaban J connectivity index is 1.98. The molecule has 0 bridgehead atoms. The number of nitrogens with zero attached hydrogens (tertiary/aromatic N) is 2. The summed E-state index contributed by atoms with van der Waals surface area (Å²) < 4.78 is 21.5. The van der Waals surface area contributed by atoms with Gasteiger partial charge in [0.2, 0.25) is 11.7 Å². The second-order valence-electron chi connectivity index (χ2n) is 6.32. The van der Waals surface area contributed by atoms with Gasteiger partial charge in [-0.25, -0.2) is 5.01 Å². The molecule has 0 N–H and O–H groups in total. The van der Waals surface area contributed by atoms with Crippen molar-refractivity contribution in [1.82, 2.24) is 5.01 Å². The summed E-state index contributed by atoms with van der Waals surface area (Å²) in [6.07, 6.45) is 0.574. The smallest absolute Gasteiger partial charge is 0.240 e. The van der Waals surface area contributed by atoms with Crippen LogP contribution in [-0.2, 0) is 4.79 Å². The number of amides is 1. The lowest BCUT2D eigenvalue weighted by atomic mass is 9.98. The van der Waals surface area contributed by atoms with Crippen LogP contribution in [0.15, 0.2) is 41.5 Å². The molecule has 1 aliphatic rings. The number of carbonyl (C=O) groups excluding carboxylic acids is 1. The molecule has 7 heteroatoms. The Kier molecular flexibility index (Phi) is 5.73. The summed E-state index contributed by atoms with van der Waals surface area (Å²) in [6.45, 7) is 1.51. The van der Waals surface area contributed by atoms with Crippen molar-refractivity contribution in [2.45, 2.75) is 19.4 Å². The van der Waals surface area contributed by atoms with Crippen molar-refractivity contribution in [3.8, 4) is 23.0 Å². The Morgan fingerprint density at radius 2 is 1.57 bits per heavy atom. The van der Waals surface area contributed by atoms with E-state index in [9.17, 15) is 4.79 Å². The van der Waals surface area contributed by atoms with E-state index in [1.54, 1.807) is 28.4 Å². The van der Waals surface area contributed by atoms with Gasteiger partial charge in [-0.2, -0.15) is 5.10 Å². The van der Waals surface area contributed by atoms with E-state index >= 15 is 0 Å². The molecule has 7 nitrogen and oxygen atoms in total. The summed E-state index contributed by atoms with van der Waals surface area (Å²) in [5.74, 6) is 2.25. The van der Waals surface area contributed by atoms with Crippen molar-refractivity contribution in [2.24, 2.45) is 5.10 Å². The van der Waals surface area contributed by atoms with E-state index in [0.29, 0.717) is 23.7 Å². The third kappa shape index (κ3) is 3.60. The van der Waals surface area contributed by atoms with Gasteiger partial charge in [0, 0.05) is 18.9 Å². The minimum atomic E-state index is -0.183. The second-order valence-corrected chi connectivity index (χ2v) is 6.32. The van der Waals surface area contributed by atoms with Crippen LogP contribution < -0.4 is 18.9 Å². The summed E-state index contributed by atoms with van der Waals surface area (Å²) in [5, 5.41) is 6.10. The molecule has 1 aliphatic heterocycles. The van der Waals surface area contributed by atoms with Crippen LogP contribution in [0.25, 0.3) is 0 Å². The Bertz CT molecular complexity index is 867. The summed E-state index contributed by atoms with van der Waals surface area (Å²) in [7, 11) is 6.32. The molecule has 3 rings (SSSR count). The van der Waals surface area contributed by atoms with E-state index in [2.05, 4.69) is 5.10 Å². The topological polar surface area (TPSA) is 69.6 Å². The first kappa shape index (κ1) is 19.5. The fraction of sp³-hybridized carbons (Fsp3) is 0.333. The van der Waals surface area contributed by atoms with E-state index < -0.39 is 0 Å². The minimum absolute atomic E-state index is 0.122. The number of carbonyl (C=O) groups is 1. The Morgan fingerprint density at radius 1 is 0.964 bits per heavy atom. The van der Waals surface area contributed by atoms with Crippen LogP contribution in [0, 0.1) is 0 Å². The standard InChI is InChI=1S/C21H24N2O5/c1-13(24)23-18(14-6-8-16(25-2)9-7-14)12-17(22-23)15-10-19(26-3)21(28-5)20(11-15)27-4/h6-11,18H,12H2,1-5H3/t18-/m0/s1. The number of methoxy groups -OCH3 is 4. The molecular formula is C21H24N2O5. The number of hydrogen-bond acceptors (Lipinski definition) is 6. The van der Waals surface area contributed by atoms with Gasteiger partial charge in [-0.1, -0.05) is 12.1 Å². The van der Waals surface area contributed by atoms with Gasteiger partial charge < -0.3 is 18.9 Å². The molecule has 0 unspecified atom stereocenters. The average Bonchev–Trinajstić information content (AvgIpc) is 3.18. The maximum absolute atomic E-state index is 12.2. The van der Waals surface area contributed by atoms with Gasteiger partial charge in [-0.3, -0.25) is 4.79 Å². The molecule has 1 amide bonds. The maximum atomic E-state index is 12.2. The lowest BCUT2D eigenvalue weighted by Crippen LogP contribution is -2.24. The number of benzene rings is 2. The van der Waals surface area contributed by atoms with Crippen LogP contribution in [0.2, 0.25) is 0 Å². The monoisotopic (exact) mass is 384 g/mol. The van der Waals surface area contributed by atoms with Crippen LogP contribution in [-0.4, -0.2) is 45.1 Å². The van der Waals surface area contributed by atoms with E-state index in [-0.39, 0.29) is 11.9 Å². The quantitative estimate of drug-likeness (QED) is 0.763.